The van der Waals surface area contributed by atoms with E-state index < -0.39 is 11.7 Å². The van der Waals surface area contributed by atoms with Gasteiger partial charge < -0.3 is 5.32 Å². The van der Waals surface area contributed by atoms with Crippen LogP contribution in [0.5, 0.6) is 0 Å². The van der Waals surface area contributed by atoms with Crippen molar-refractivity contribution < 1.29 is 13.2 Å². The maximum atomic E-state index is 12.9. The van der Waals surface area contributed by atoms with Crippen LogP contribution in [0.3, 0.4) is 0 Å². The first-order valence-electron chi connectivity index (χ1n) is 6.10. The number of anilines is 1. The number of hydrogen-bond acceptors (Lipinski definition) is 2. The highest BCUT2D eigenvalue weighted by Gasteiger charge is 2.34. The minimum absolute atomic E-state index is 0.0219. The van der Waals surface area contributed by atoms with Gasteiger partial charge in [-0.2, -0.15) is 13.2 Å². The first-order chi connectivity index (χ1) is 8.99. The fourth-order valence-electron chi connectivity index (χ4n) is 1.74. The Morgan fingerprint density at radius 1 is 1.35 bits per heavy atom. The zero-order valence-corrected chi connectivity index (χ0v) is 13.8. The molecule has 0 saturated carbocycles. The smallest absolute Gasteiger partial charge is 0.368 e. The van der Waals surface area contributed by atoms with E-state index in [9.17, 15) is 13.2 Å². The van der Waals surface area contributed by atoms with E-state index >= 15 is 0 Å². The molecule has 1 rings (SSSR count). The quantitative estimate of drug-likeness (QED) is 0.723. The second kappa shape index (κ2) is 6.52. The van der Waals surface area contributed by atoms with Crippen LogP contribution in [0.15, 0.2) is 16.7 Å². The minimum atomic E-state index is -4.45. The molecule has 0 amide bonds. The van der Waals surface area contributed by atoms with Crippen LogP contribution in [0, 0.1) is 5.41 Å². The Morgan fingerprint density at radius 3 is 2.45 bits per heavy atom. The molecule has 1 aromatic heterocycles. The molecule has 0 spiro atoms. The topological polar surface area (TPSA) is 24.9 Å². The number of aromatic nitrogens is 1. The summed E-state index contributed by atoms with van der Waals surface area (Å²) < 4.78 is 39.0. The van der Waals surface area contributed by atoms with E-state index in [1.165, 1.54) is 6.20 Å². The molecule has 0 aromatic carbocycles. The number of nitrogens with zero attached hydrogens (tertiary/aromatic N) is 1. The van der Waals surface area contributed by atoms with Crippen molar-refractivity contribution in [3.05, 3.63) is 22.3 Å². The largest absolute Gasteiger partial charge is 0.419 e. The summed E-state index contributed by atoms with van der Waals surface area (Å²) in [4.78, 5) is 3.78. The molecule has 0 aliphatic heterocycles. The van der Waals surface area contributed by atoms with Crippen molar-refractivity contribution in [3.8, 4) is 0 Å². The van der Waals surface area contributed by atoms with Gasteiger partial charge in [0, 0.05) is 17.2 Å². The van der Waals surface area contributed by atoms with Crippen molar-refractivity contribution in [2.75, 3.05) is 11.9 Å². The average molecular weight is 374 g/mol. The molecule has 0 aliphatic rings. The molecular weight excluding hydrogens is 357 g/mol. The summed E-state index contributed by atoms with van der Waals surface area (Å²) in [6.45, 7) is 6.32. The van der Waals surface area contributed by atoms with Gasteiger partial charge in [0.2, 0.25) is 0 Å². The summed E-state index contributed by atoms with van der Waals surface area (Å²) in [6, 6.07) is 1.00. The number of hydrogen-bond donors (Lipinski definition) is 1. The molecule has 0 saturated heterocycles. The number of pyridine rings is 1. The van der Waals surface area contributed by atoms with Crippen molar-refractivity contribution in [1.82, 2.24) is 4.98 Å². The Labute approximate surface area is 130 Å². The normalized spacial score (nSPS) is 14.2. The van der Waals surface area contributed by atoms with E-state index in [4.69, 9.17) is 11.6 Å². The van der Waals surface area contributed by atoms with E-state index in [0.29, 0.717) is 6.42 Å². The molecule has 1 unspecified atom stereocenters. The molecule has 0 bridgehead atoms. The van der Waals surface area contributed by atoms with E-state index in [1.807, 2.05) is 20.8 Å². The van der Waals surface area contributed by atoms with Gasteiger partial charge in [-0.25, -0.2) is 4.98 Å². The standard InChI is InChI=1S/C13H17BrClF3N2/c1-12(2,3)5-9(15)7-20-11-10(13(16,17)18)4-8(14)6-19-11/h4,6,9H,5,7H2,1-3H3,(H,19,20). The lowest BCUT2D eigenvalue weighted by Crippen LogP contribution is -2.22. The molecule has 0 radical (unpaired) electrons. The lowest BCUT2D eigenvalue weighted by molar-refractivity contribution is -0.137. The molecule has 2 nitrogen and oxygen atoms in total. The highest BCUT2D eigenvalue weighted by atomic mass is 79.9. The third-order valence-electron chi connectivity index (χ3n) is 2.48. The number of rotatable bonds is 4. The van der Waals surface area contributed by atoms with Gasteiger partial charge in [0.05, 0.1) is 10.9 Å². The molecule has 1 aromatic rings. The second-order valence-electron chi connectivity index (χ2n) is 5.79. The van der Waals surface area contributed by atoms with E-state index in [-0.39, 0.29) is 27.6 Å². The maximum absolute atomic E-state index is 12.9. The zero-order chi connectivity index (χ0) is 15.6. The minimum Gasteiger partial charge on any atom is -0.368 e. The Balaban J connectivity index is 2.78. The molecular formula is C13H17BrClF3N2. The van der Waals surface area contributed by atoms with Crippen LogP contribution in [0.25, 0.3) is 0 Å². The average Bonchev–Trinajstić information content (AvgIpc) is 2.23. The molecule has 7 heteroatoms. The van der Waals surface area contributed by atoms with Crippen LogP contribution in [0.4, 0.5) is 19.0 Å². The maximum Gasteiger partial charge on any atom is 0.419 e. The summed E-state index contributed by atoms with van der Waals surface area (Å²) in [7, 11) is 0. The van der Waals surface area contributed by atoms with Gasteiger partial charge in [-0.3, -0.25) is 0 Å². The van der Waals surface area contributed by atoms with Gasteiger partial charge in [-0.15, -0.1) is 11.6 Å². The van der Waals surface area contributed by atoms with Crippen molar-refractivity contribution in [2.24, 2.45) is 5.41 Å². The molecule has 114 valence electrons. The van der Waals surface area contributed by atoms with Gasteiger partial charge >= 0.3 is 6.18 Å². The summed E-state index contributed by atoms with van der Waals surface area (Å²) in [5.74, 6) is -0.194. The van der Waals surface area contributed by atoms with Gasteiger partial charge in [-0.05, 0) is 33.8 Å². The fraction of sp³-hybridized carbons (Fsp3) is 0.615. The van der Waals surface area contributed by atoms with Gasteiger partial charge in [0.1, 0.15) is 5.82 Å². The van der Waals surface area contributed by atoms with Crippen LogP contribution in [0.2, 0.25) is 0 Å². The molecule has 0 fully saturated rings. The molecule has 0 aliphatic carbocycles. The lowest BCUT2D eigenvalue weighted by Gasteiger charge is -2.22. The molecule has 1 atom stereocenters. The highest BCUT2D eigenvalue weighted by molar-refractivity contribution is 9.10. The van der Waals surface area contributed by atoms with E-state index in [2.05, 4.69) is 26.2 Å². The summed E-state index contributed by atoms with van der Waals surface area (Å²) in [6.07, 6.45) is -2.44. The van der Waals surface area contributed by atoms with Crippen LogP contribution in [-0.2, 0) is 6.18 Å². The van der Waals surface area contributed by atoms with Crippen LogP contribution >= 0.6 is 27.5 Å². The molecule has 1 N–H and O–H groups in total. The SMILES string of the molecule is CC(C)(C)CC(Cl)CNc1ncc(Br)cc1C(F)(F)F. The van der Waals surface area contributed by atoms with E-state index in [0.717, 1.165) is 6.07 Å². The third kappa shape index (κ3) is 5.87. The Kier molecular flexibility index (Phi) is 5.72. The van der Waals surface area contributed by atoms with Crippen molar-refractivity contribution in [3.63, 3.8) is 0 Å². The Morgan fingerprint density at radius 2 is 1.95 bits per heavy atom. The highest BCUT2D eigenvalue weighted by Crippen LogP contribution is 2.35. The fourth-order valence-corrected chi connectivity index (χ4v) is 2.61. The summed E-state index contributed by atoms with van der Waals surface area (Å²) >= 11 is 9.12. The van der Waals surface area contributed by atoms with Gasteiger partial charge in [0.25, 0.3) is 0 Å². The molecule has 20 heavy (non-hydrogen) atoms. The lowest BCUT2D eigenvalue weighted by atomic mass is 9.90. The Hall–Kier alpha value is -0.490. The predicted octanol–water partition coefficient (Wildman–Crippen LogP) is 5.32. The molecule has 1 heterocycles. The van der Waals surface area contributed by atoms with Crippen molar-refractivity contribution >= 4 is 33.3 Å². The second-order valence-corrected chi connectivity index (χ2v) is 7.32. The monoisotopic (exact) mass is 372 g/mol. The van der Waals surface area contributed by atoms with Gasteiger partial charge in [-0.1, -0.05) is 20.8 Å². The zero-order valence-electron chi connectivity index (χ0n) is 11.5. The number of halogens is 5. The van der Waals surface area contributed by atoms with Gasteiger partial charge in [0.15, 0.2) is 0 Å². The van der Waals surface area contributed by atoms with Crippen molar-refractivity contribution in [1.29, 1.82) is 0 Å². The first kappa shape index (κ1) is 17.6. The first-order valence-corrected chi connectivity index (χ1v) is 7.33. The van der Waals surface area contributed by atoms with Crippen LogP contribution < -0.4 is 5.32 Å². The number of alkyl halides is 4. The van der Waals surface area contributed by atoms with Crippen molar-refractivity contribution in [2.45, 2.75) is 38.7 Å². The Bertz CT molecular complexity index is 458. The summed E-state index contributed by atoms with van der Waals surface area (Å²) in [5.41, 5.74) is -0.778. The predicted molar refractivity (Wildman–Crippen MR) is 79.1 cm³/mol. The number of nitrogens with one attached hydrogen (secondary N) is 1. The third-order valence-corrected chi connectivity index (χ3v) is 3.23. The van der Waals surface area contributed by atoms with Crippen LogP contribution in [0.1, 0.15) is 32.8 Å². The summed E-state index contributed by atoms with van der Waals surface area (Å²) in [5, 5.41) is 2.42. The van der Waals surface area contributed by atoms with Crippen LogP contribution in [-0.4, -0.2) is 16.9 Å². The van der Waals surface area contributed by atoms with E-state index in [1.54, 1.807) is 0 Å².